The first-order chi connectivity index (χ1) is 16.0. The number of aliphatic hydroxyl groups excluding tert-OH is 1. The van der Waals surface area contributed by atoms with Crippen LogP contribution in [0.1, 0.15) is 13.3 Å². The summed E-state index contributed by atoms with van der Waals surface area (Å²) in [5.74, 6) is 0. The van der Waals surface area contributed by atoms with Gasteiger partial charge >= 0.3 is 0 Å². The van der Waals surface area contributed by atoms with E-state index >= 15 is 0 Å². The standard InChI is InChI=1S/C23H24N4O4S2/c1-2-16-13-31-17(12-28)11-27(16)33(29,30)18-4-5-20-19(10-18)21(7-8-24-20)26-15-3-6-23-22(9-15)25-14-32-23/h3-10,14,16-17,28H,2,11-13H2,1H3,(H,24,26)/t16-,17+/m1/s1. The molecule has 0 radical (unpaired) electrons. The third-order valence-corrected chi connectivity index (χ3v) is 8.64. The molecule has 172 valence electrons. The summed E-state index contributed by atoms with van der Waals surface area (Å²) in [7, 11) is -3.79. The molecule has 1 aliphatic heterocycles. The van der Waals surface area contributed by atoms with Crippen LogP contribution in [-0.2, 0) is 14.8 Å². The van der Waals surface area contributed by atoms with Crippen molar-refractivity contribution in [2.75, 3.05) is 25.1 Å². The Morgan fingerprint density at radius 3 is 2.88 bits per heavy atom. The van der Waals surface area contributed by atoms with Crippen molar-refractivity contribution in [1.29, 1.82) is 0 Å². The smallest absolute Gasteiger partial charge is 0.243 e. The summed E-state index contributed by atoms with van der Waals surface area (Å²) >= 11 is 1.58. The van der Waals surface area contributed by atoms with Gasteiger partial charge in [0.05, 0.1) is 45.5 Å². The van der Waals surface area contributed by atoms with Crippen molar-refractivity contribution in [3.05, 3.63) is 54.2 Å². The molecule has 3 heterocycles. The third-order valence-electron chi connectivity index (χ3n) is 5.92. The fourth-order valence-electron chi connectivity index (χ4n) is 4.08. The second-order valence-electron chi connectivity index (χ2n) is 7.97. The Hall–Kier alpha value is -2.63. The van der Waals surface area contributed by atoms with E-state index in [1.807, 2.05) is 36.7 Å². The molecule has 1 saturated heterocycles. The Bertz CT molecular complexity index is 1410. The van der Waals surface area contributed by atoms with E-state index in [0.29, 0.717) is 17.3 Å². The topological polar surface area (TPSA) is 105 Å². The zero-order valence-corrected chi connectivity index (χ0v) is 19.6. The molecule has 10 heteroatoms. The van der Waals surface area contributed by atoms with Crippen LogP contribution in [0.3, 0.4) is 0 Å². The number of aromatic nitrogens is 2. The van der Waals surface area contributed by atoms with E-state index in [0.717, 1.165) is 21.6 Å². The number of benzene rings is 2. The molecular weight excluding hydrogens is 460 g/mol. The van der Waals surface area contributed by atoms with Gasteiger partial charge in [-0.2, -0.15) is 4.31 Å². The minimum Gasteiger partial charge on any atom is -0.394 e. The van der Waals surface area contributed by atoms with Crippen LogP contribution in [0.4, 0.5) is 11.4 Å². The molecule has 2 aromatic heterocycles. The number of nitrogens with one attached hydrogen (secondary N) is 1. The monoisotopic (exact) mass is 484 g/mol. The zero-order chi connectivity index (χ0) is 23.0. The van der Waals surface area contributed by atoms with E-state index in [1.165, 1.54) is 4.31 Å². The molecule has 1 fully saturated rings. The molecule has 0 unspecified atom stereocenters. The number of aliphatic hydroxyl groups is 1. The second kappa shape index (κ2) is 8.96. The molecule has 0 amide bonds. The first-order valence-corrected chi connectivity index (χ1v) is 13.0. The van der Waals surface area contributed by atoms with Crippen molar-refractivity contribution >= 4 is 53.9 Å². The lowest BCUT2D eigenvalue weighted by molar-refractivity contribution is -0.0562. The highest BCUT2D eigenvalue weighted by molar-refractivity contribution is 7.89. The molecule has 1 aliphatic rings. The van der Waals surface area contributed by atoms with Gasteiger partial charge < -0.3 is 15.2 Å². The van der Waals surface area contributed by atoms with E-state index in [9.17, 15) is 13.5 Å². The first kappa shape index (κ1) is 22.2. The summed E-state index contributed by atoms with van der Waals surface area (Å²) in [6.45, 7) is 2.10. The predicted molar refractivity (Wildman–Crippen MR) is 129 cm³/mol. The van der Waals surface area contributed by atoms with Crippen LogP contribution >= 0.6 is 11.3 Å². The van der Waals surface area contributed by atoms with Gasteiger partial charge in [0.2, 0.25) is 10.0 Å². The number of thiazole rings is 1. The van der Waals surface area contributed by atoms with E-state index in [2.05, 4.69) is 15.3 Å². The summed E-state index contributed by atoms with van der Waals surface area (Å²) in [6, 6.07) is 12.5. The maximum atomic E-state index is 13.6. The maximum Gasteiger partial charge on any atom is 0.243 e. The molecule has 2 aromatic carbocycles. The lowest BCUT2D eigenvalue weighted by Crippen LogP contribution is -2.52. The lowest BCUT2D eigenvalue weighted by atomic mass is 10.2. The van der Waals surface area contributed by atoms with Crippen LogP contribution in [0.25, 0.3) is 21.1 Å². The average molecular weight is 485 g/mol. The fraction of sp³-hybridized carbons (Fsp3) is 0.304. The van der Waals surface area contributed by atoms with E-state index < -0.39 is 16.1 Å². The number of fused-ring (bicyclic) bond motifs is 2. The van der Waals surface area contributed by atoms with E-state index in [-0.39, 0.29) is 30.7 Å². The molecular formula is C23H24N4O4S2. The molecule has 5 rings (SSSR count). The number of hydrogen-bond acceptors (Lipinski definition) is 8. The molecule has 33 heavy (non-hydrogen) atoms. The molecule has 0 saturated carbocycles. The zero-order valence-electron chi connectivity index (χ0n) is 18.0. The van der Waals surface area contributed by atoms with Crippen LogP contribution in [0.15, 0.2) is 59.1 Å². The number of ether oxygens (including phenoxy) is 1. The largest absolute Gasteiger partial charge is 0.394 e. The van der Waals surface area contributed by atoms with Crippen LogP contribution in [0, 0.1) is 0 Å². The number of anilines is 2. The van der Waals surface area contributed by atoms with Crippen molar-refractivity contribution in [3.63, 3.8) is 0 Å². The molecule has 8 nitrogen and oxygen atoms in total. The molecule has 2 atom stereocenters. The first-order valence-electron chi connectivity index (χ1n) is 10.7. The SMILES string of the molecule is CC[C@@H]1CO[C@H](CO)CN1S(=O)(=O)c1ccc2nccc(Nc3ccc4scnc4c3)c2c1. The summed E-state index contributed by atoms with van der Waals surface area (Å²) in [5.41, 5.74) is 5.02. The van der Waals surface area contributed by atoms with Gasteiger partial charge in [-0.25, -0.2) is 13.4 Å². The maximum absolute atomic E-state index is 13.6. The Balaban J connectivity index is 1.53. The lowest BCUT2D eigenvalue weighted by Gasteiger charge is -2.37. The minimum atomic E-state index is -3.79. The normalized spacial score (nSPS) is 19.8. The summed E-state index contributed by atoms with van der Waals surface area (Å²) in [6.07, 6.45) is 1.79. The fourth-order valence-corrected chi connectivity index (χ4v) is 6.48. The Kier molecular flexibility index (Phi) is 6.02. The summed E-state index contributed by atoms with van der Waals surface area (Å²) < 4.78 is 35.3. The van der Waals surface area contributed by atoms with Gasteiger partial charge in [0.1, 0.15) is 0 Å². The van der Waals surface area contributed by atoms with Crippen LogP contribution in [0.5, 0.6) is 0 Å². The van der Waals surface area contributed by atoms with Gasteiger partial charge in [0.25, 0.3) is 0 Å². The highest BCUT2D eigenvalue weighted by Crippen LogP contribution is 2.31. The molecule has 0 aliphatic carbocycles. The number of morpholine rings is 1. The van der Waals surface area contributed by atoms with Crippen molar-refractivity contribution in [3.8, 4) is 0 Å². The van der Waals surface area contributed by atoms with Crippen LogP contribution in [-0.4, -0.2) is 59.7 Å². The number of rotatable bonds is 6. The Morgan fingerprint density at radius 1 is 1.18 bits per heavy atom. The van der Waals surface area contributed by atoms with Gasteiger partial charge in [-0.1, -0.05) is 6.92 Å². The average Bonchev–Trinajstić information content (AvgIpc) is 3.31. The highest BCUT2D eigenvalue weighted by atomic mass is 32.2. The van der Waals surface area contributed by atoms with Crippen molar-refractivity contribution in [2.24, 2.45) is 0 Å². The van der Waals surface area contributed by atoms with E-state index in [4.69, 9.17) is 4.74 Å². The highest BCUT2D eigenvalue weighted by Gasteiger charge is 2.36. The van der Waals surface area contributed by atoms with Crippen molar-refractivity contribution in [1.82, 2.24) is 14.3 Å². The van der Waals surface area contributed by atoms with E-state index in [1.54, 1.807) is 35.7 Å². The van der Waals surface area contributed by atoms with Crippen LogP contribution in [0.2, 0.25) is 0 Å². The van der Waals surface area contributed by atoms with Gasteiger partial charge in [-0.05, 0) is 48.9 Å². The van der Waals surface area contributed by atoms with Crippen molar-refractivity contribution in [2.45, 2.75) is 30.4 Å². The molecule has 2 N–H and O–H groups in total. The third kappa shape index (κ3) is 4.20. The van der Waals surface area contributed by atoms with Gasteiger partial charge in [-0.15, -0.1) is 11.3 Å². The molecule has 0 spiro atoms. The van der Waals surface area contributed by atoms with Crippen LogP contribution < -0.4 is 5.32 Å². The van der Waals surface area contributed by atoms with Gasteiger partial charge in [0.15, 0.2) is 0 Å². The number of pyridine rings is 1. The molecule has 4 aromatic rings. The predicted octanol–water partition coefficient (Wildman–Crippen LogP) is 3.75. The number of nitrogens with zero attached hydrogens (tertiary/aromatic N) is 3. The molecule has 0 bridgehead atoms. The Labute approximate surface area is 195 Å². The second-order valence-corrected chi connectivity index (χ2v) is 10.7. The minimum absolute atomic E-state index is 0.126. The quantitative estimate of drug-likeness (QED) is 0.429. The number of sulfonamides is 1. The number of hydrogen-bond donors (Lipinski definition) is 2. The summed E-state index contributed by atoms with van der Waals surface area (Å²) in [4.78, 5) is 8.96. The van der Waals surface area contributed by atoms with Gasteiger partial charge in [0, 0.05) is 35.5 Å². The Morgan fingerprint density at radius 2 is 2.06 bits per heavy atom. The van der Waals surface area contributed by atoms with Crippen molar-refractivity contribution < 1.29 is 18.3 Å². The summed E-state index contributed by atoms with van der Waals surface area (Å²) in [5, 5.41) is 13.6. The van der Waals surface area contributed by atoms with Gasteiger partial charge in [-0.3, -0.25) is 4.98 Å².